The summed E-state index contributed by atoms with van der Waals surface area (Å²) >= 11 is 0. The van der Waals surface area contributed by atoms with Gasteiger partial charge in [0.2, 0.25) is 0 Å². The van der Waals surface area contributed by atoms with Crippen LogP contribution in [0.5, 0.6) is 5.75 Å². The summed E-state index contributed by atoms with van der Waals surface area (Å²) in [6, 6.07) is 8.16. The molecule has 1 aromatic carbocycles. The summed E-state index contributed by atoms with van der Waals surface area (Å²) in [5.41, 5.74) is 1.10. The molecule has 0 radical (unpaired) electrons. The van der Waals surface area contributed by atoms with Crippen molar-refractivity contribution in [2.24, 2.45) is 0 Å². The lowest BCUT2D eigenvalue weighted by atomic mass is 10.1. The number of aliphatic carboxylic acids is 1. The van der Waals surface area contributed by atoms with Gasteiger partial charge in [-0.25, -0.2) is 12.4 Å². The smallest absolute Gasteiger partial charge is 0.303 e. The average Bonchev–Trinajstić information content (AvgIpc) is 2.99. The Hall–Kier alpha value is -2.87. The molecule has 0 aliphatic carbocycles. The number of carboxylic acid groups (broad SMARTS) is 1. The van der Waals surface area contributed by atoms with Crippen LogP contribution in [-0.4, -0.2) is 34.6 Å². The van der Waals surface area contributed by atoms with Gasteiger partial charge in [0.25, 0.3) is 10.0 Å². The second-order valence-corrected chi connectivity index (χ2v) is 8.20. The molecule has 8 heteroatoms. The summed E-state index contributed by atoms with van der Waals surface area (Å²) in [5, 5.41) is 9.66. The average molecular weight is 388 g/mol. The molecule has 0 aliphatic heterocycles. The van der Waals surface area contributed by atoms with Gasteiger partial charge < -0.3 is 9.84 Å². The van der Waals surface area contributed by atoms with Crippen LogP contribution in [0.1, 0.15) is 25.8 Å². The van der Waals surface area contributed by atoms with E-state index < -0.39 is 16.0 Å². The molecule has 142 valence electrons. The van der Waals surface area contributed by atoms with Crippen LogP contribution in [0.2, 0.25) is 0 Å². The maximum atomic E-state index is 13.0. The van der Waals surface area contributed by atoms with Gasteiger partial charge in [0.15, 0.2) is 0 Å². The topological polar surface area (TPSA) is 98.5 Å². The lowest BCUT2D eigenvalue weighted by Crippen LogP contribution is -2.12. The van der Waals surface area contributed by atoms with Gasteiger partial charge in [-0.05, 0) is 56.2 Å². The molecule has 0 saturated heterocycles. The molecular formula is C19H20N2O5S. The van der Waals surface area contributed by atoms with E-state index in [2.05, 4.69) is 4.98 Å². The van der Waals surface area contributed by atoms with Crippen LogP contribution in [0.15, 0.2) is 53.8 Å². The van der Waals surface area contributed by atoms with Gasteiger partial charge in [0, 0.05) is 30.4 Å². The monoisotopic (exact) mass is 388 g/mol. The van der Waals surface area contributed by atoms with Gasteiger partial charge in [-0.15, -0.1) is 0 Å². The Labute approximate surface area is 157 Å². The van der Waals surface area contributed by atoms with Gasteiger partial charge in [0.05, 0.1) is 11.6 Å². The SMILES string of the molecule is CC(C)Oc1ccc2c(c1)c(CCC(=O)O)cn2S(=O)(=O)c1cccnc1. The van der Waals surface area contributed by atoms with E-state index in [1.165, 1.54) is 28.6 Å². The Balaban J connectivity index is 2.17. The molecule has 0 fully saturated rings. The summed E-state index contributed by atoms with van der Waals surface area (Å²) in [6.45, 7) is 3.79. The molecule has 0 unspecified atom stereocenters. The van der Waals surface area contributed by atoms with E-state index in [-0.39, 0.29) is 23.8 Å². The first-order valence-electron chi connectivity index (χ1n) is 8.47. The van der Waals surface area contributed by atoms with Gasteiger partial charge in [-0.2, -0.15) is 0 Å². The Morgan fingerprint density at radius 3 is 2.70 bits per heavy atom. The number of aryl methyl sites for hydroxylation is 1. The maximum Gasteiger partial charge on any atom is 0.303 e. The molecule has 2 aromatic heterocycles. The van der Waals surface area contributed by atoms with Crippen LogP contribution in [0.25, 0.3) is 10.9 Å². The first-order valence-corrected chi connectivity index (χ1v) is 9.91. The summed E-state index contributed by atoms with van der Waals surface area (Å²) in [6.07, 6.45) is 4.35. The molecule has 27 heavy (non-hydrogen) atoms. The zero-order chi connectivity index (χ0) is 19.6. The number of nitrogens with zero attached hydrogens (tertiary/aromatic N) is 2. The summed E-state index contributed by atoms with van der Waals surface area (Å²) < 4.78 is 32.9. The minimum absolute atomic E-state index is 0.0360. The van der Waals surface area contributed by atoms with E-state index in [0.717, 1.165) is 0 Å². The van der Waals surface area contributed by atoms with Crippen molar-refractivity contribution < 1.29 is 23.1 Å². The van der Waals surface area contributed by atoms with Crippen molar-refractivity contribution in [1.82, 2.24) is 8.96 Å². The zero-order valence-corrected chi connectivity index (χ0v) is 15.8. The summed E-state index contributed by atoms with van der Waals surface area (Å²) in [4.78, 5) is 14.9. The molecule has 3 aromatic rings. The highest BCUT2D eigenvalue weighted by atomic mass is 32.2. The molecule has 0 bridgehead atoms. The van der Waals surface area contributed by atoms with Crippen molar-refractivity contribution in [3.63, 3.8) is 0 Å². The van der Waals surface area contributed by atoms with Crippen LogP contribution >= 0.6 is 0 Å². The predicted molar refractivity (Wildman–Crippen MR) is 100 cm³/mol. The number of hydrogen-bond donors (Lipinski definition) is 1. The summed E-state index contributed by atoms with van der Waals surface area (Å²) in [7, 11) is -3.85. The van der Waals surface area contributed by atoms with E-state index in [4.69, 9.17) is 9.84 Å². The fourth-order valence-corrected chi connectivity index (χ4v) is 4.20. The first-order chi connectivity index (χ1) is 12.8. The van der Waals surface area contributed by atoms with Crippen LogP contribution in [0, 0.1) is 0 Å². The Bertz CT molecular complexity index is 1070. The lowest BCUT2D eigenvalue weighted by Gasteiger charge is -2.11. The fourth-order valence-electron chi connectivity index (χ4n) is 2.84. The van der Waals surface area contributed by atoms with E-state index in [1.807, 2.05) is 13.8 Å². The number of hydrogen-bond acceptors (Lipinski definition) is 5. The molecule has 0 saturated carbocycles. The van der Waals surface area contributed by atoms with Gasteiger partial charge in [0.1, 0.15) is 10.6 Å². The van der Waals surface area contributed by atoms with Crippen molar-refractivity contribution in [2.45, 2.75) is 37.7 Å². The van der Waals surface area contributed by atoms with Crippen LogP contribution in [-0.2, 0) is 21.2 Å². The Morgan fingerprint density at radius 2 is 2.07 bits per heavy atom. The molecule has 0 amide bonds. The minimum Gasteiger partial charge on any atom is -0.491 e. The molecule has 2 heterocycles. The number of rotatable bonds is 7. The second-order valence-electron chi connectivity index (χ2n) is 6.38. The van der Waals surface area contributed by atoms with Gasteiger partial charge >= 0.3 is 5.97 Å². The molecule has 0 aliphatic rings. The van der Waals surface area contributed by atoms with E-state index in [9.17, 15) is 13.2 Å². The Morgan fingerprint density at radius 1 is 1.30 bits per heavy atom. The second kappa shape index (κ2) is 7.40. The maximum absolute atomic E-state index is 13.0. The molecule has 7 nitrogen and oxygen atoms in total. The molecule has 0 spiro atoms. The number of benzene rings is 1. The number of ether oxygens (including phenoxy) is 1. The van der Waals surface area contributed by atoms with Crippen LogP contribution < -0.4 is 4.74 Å². The number of fused-ring (bicyclic) bond motifs is 1. The van der Waals surface area contributed by atoms with Crippen molar-refractivity contribution in [3.8, 4) is 5.75 Å². The normalized spacial score (nSPS) is 11.8. The Kier molecular flexibility index (Phi) is 5.18. The fraction of sp³-hybridized carbons (Fsp3) is 0.263. The van der Waals surface area contributed by atoms with Gasteiger partial charge in [-0.3, -0.25) is 9.78 Å². The highest BCUT2D eigenvalue weighted by Gasteiger charge is 2.22. The molecule has 1 N–H and O–H groups in total. The number of carboxylic acids is 1. The molecular weight excluding hydrogens is 368 g/mol. The van der Waals surface area contributed by atoms with Crippen molar-refractivity contribution >= 4 is 26.9 Å². The van der Waals surface area contributed by atoms with Gasteiger partial charge in [-0.1, -0.05) is 0 Å². The number of pyridine rings is 1. The minimum atomic E-state index is -3.85. The van der Waals surface area contributed by atoms with E-state index >= 15 is 0 Å². The molecule has 0 atom stereocenters. The quantitative estimate of drug-likeness (QED) is 0.668. The van der Waals surface area contributed by atoms with E-state index in [1.54, 1.807) is 24.3 Å². The number of aromatic nitrogens is 2. The van der Waals surface area contributed by atoms with E-state index in [0.29, 0.717) is 22.2 Å². The predicted octanol–water partition coefficient (Wildman–Crippen LogP) is 3.08. The van der Waals surface area contributed by atoms with Crippen molar-refractivity contribution in [3.05, 3.63) is 54.5 Å². The highest BCUT2D eigenvalue weighted by molar-refractivity contribution is 7.90. The zero-order valence-electron chi connectivity index (χ0n) is 15.0. The molecule has 3 rings (SSSR count). The standard InChI is InChI=1S/C19H20N2O5S/c1-13(2)26-15-6-7-18-17(10-15)14(5-8-19(22)23)12-21(18)27(24,25)16-4-3-9-20-11-16/h3-4,6-7,9-13H,5,8H2,1-2H3,(H,22,23). The van der Waals surface area contributed by atoms with Crippen molar-refractivity contribution in [1.29, 1.82) is 0 Å². The third-order valence-corrected chi connectivity index (χ3v) is 5.65. The largest absolute Gasteiger partial charge is 0.491 e. The number of carbonyl (C=O) groups is 1. The van der Waals surface area contributed by atoms with Crippen molar-refractivity contribution in [2.75, 3.05) is 0 Å². The third-order valence-electron chi connectivity index (χ3n) is 4.00. The highest BCUT2D eigenvalue weighted by Crippen LogP contribution is 2.30. The summed E-state index contributed by atoms with van der Waals surface area (Å²) in [5.74, 6) is -0.341. The van der Waals surface area contributed by atoms with Crippen LogP contribution in [0.3, 0.4) is 0 Å². The first kappa shape index (κ1) is 18.9. The van der Waals surface area contributed by atoms with Crippen LogP contribution in [0.4, 0.5) is 0 Å². The third kappa shape index (κ3) is 3.95. The lowest BCUT2D eigenvalue weighted by molar-refractivity contribution is -0.136.